The first kappa shape index (κ1) is 17.6. The van der Waals surface area contributed by atoms with Crippen LogP contribution in [0.1, 0.15) is 26.7 Å². The lowest BCUT2D eigenvalue weighted by atomic mass is 9.78. The van der Waals surface area contributed by atoms with Crippen LogP contribution in [0, 0.1) is 0 Å². The number of methoxy groups -OCH3 is 3. The molecule has 0 aromatic heterocycles. The molecule has 2 aliphatic rings. The molecule has 1 aliphatic heterocycles. The molecule has 1 heterocycles. The highest BCUT2D eigenvalue weighted by molar-refractivity contribution is 5.79. The van der Waals surface area contributed by atoms with Gasteiger partial charge >= 0.3 is 5.97 Å². The molecule has 0 bridgehead atoms. The number of hydrogen-bond acceptors (Lipinski definition) is 8. The summed E-state index contributed by atoms with van der Waals surface area (Å²) in [5.74, 6) is -3.32. The maximum Gasteiger partial charge on any atom is 0.338 e. The molecule has 0 radical (unpaired) electrons. The number of esters is 1. The molecule has 2 rings (SSSR count). The van der Waals surface area contributed by atoms with Crippen molar-refractivity contribution in [3.05, 3.63) is 0 Å². The van der Waals surface area contributed by atoms with Crippen LogP contribution in [0.2, 0.25) is 0 Å². The summed E-state index contributed by atoms with van der Waals surface area (Å²) in [7, 11) is 4.06. The number of aliphatic hydroxyl groups is 2. The van der Waals surface area contributed by atoms with Crippen molar-refractivity contribution in [3.63, 3.8) is 0 Å². The summed E-state index contributed by atoms with van der Waals surface area (Å²) in [6.45, 7) is 3.27. The monoisotopic (exact) mass is 320 g/mol. The van der Waals surface area contributed by atoms with Crippen molar-refractivity contribution in [2.75, 3.05) is 21.3 Å². The molecule has 6 atom stereocenters. The molecule has 2 unspecified atom stereocenters. The Hall–Kier alpha value is -0.770. The van der Waals surface area contributed by atoms with E-state index in [1.54, 1.807) is 13.8 Å². The molecule has 128 valence electrons. The number of carbonyl (C=O) groups is 1. The topological polar surface area (TPSA) is 104 Å². The second kappa shape index (κ2) is 5.70. The normalized spacial score (nSPS) is 48.6. The second-order valence-electron chi connectivity index (χ2n) is 6.04. The molecule has 22 heavy (non-hydrogen) atoms. The van der Waals surface area contributed by atoms with Gasteiger partial charge in [0.2, 0.25) is 11.6 Å². The lowest BCUT2D eigenvalue weighted by Crippen LogP contribution is -2.70. The molecule has 1 aliphatic carbocycles. The minimum Gasteiger partial charge on any atom is -0.467 e. The lowest BCUT2D eigenvalue weighted by Gasteiger charge is -2.55. The van der Waals surface area contributed by atoms with Crippen molar-refractivity contribution >= 4 is 5.97 Å². The lowest BCUT2D eigenvalue weighted by molar-refractivity contribution is -0.460. The van der Waals surface area contributed by atoms with Gasteiger partial charge in [-0.1, -0.05) is 0 Å². The predicted octanol–water partition coefficient (Wildman–Crippen LogP) is -0.446. The molecule has 2 fully saturated rings. The van der Waals surface area contributed by atoms with Gasteiger partial charge in [-0.25, -0.2) is 4.79 Å². The third-order valence-corrected chi connectivity index (χ3v) is 4.74. The summed E-state index contributed by atoms with van der Waals surface area (Å²) in [5, 5.41) is 20.7. The van der Waals surface area contributed by atoms with E-state index in [2.05, 4.69) is 4.74 Å². The van der Waals surface area contributed by atoms with Gasteiger partial charge in [0.05, 0.1) is 19.3 Å². The Balaban J connectivity index is 2.30. The molecule has 0 spiro atoms. The molecule has 0 aromatic carbocycles. The van der Waals surface area contributed by atoms with Crippen LogP contribution in [0.5, 0.6) is 0 Å². The van der Waals surface area contributed by atoms with Gasteiger partial charge in [-0.15, -0.1) is 0 Å². The van der Waals surface area contributed by atoms with Crippen LogP contribution in [0.4, 0.5) is 0 Å². The van der Waals surface area contributed by atoms with Gasteiger partial charge in [-0.3, -0.25) is 0 Å². The molecule has 0 aromatic rings. The number of aliphatic hydroxyl groups excluding tert-OH is 1. The van der Waals surface area contributed by atoms with Gasteiger partial charge in [-0.05, 0) is 13.8 Å². The zero-order chi connectivity index (χ0) is 16.8. The van der Waals surface area contributed by atoms with Gasteiger partial charge in [0.25, 0.3) is 0 Å². The minimum atomic E-state index is -1.83. The van der Waals surface area contributed by atoms with Crippen molar-refractivity contribution in [3.8, 4) is 0 Å². The summed E-state index contributed by atoms with van der Waals surface area (Å²) in [6, 6.07) is 0. The summed E-state index contributed by atoms with van der Waals surface area (Å²) in [6.07, 6.45) is -2.88. The Kier molecular flexibility index (Phi) is 4.55. The number of hydrogen-bond donors (Lipinski definition) is 2. The van der Waals surface area contributed by atoms with Gasteiger partial charge in [0, 0.05) is 27.1 Å². The fourth-order valence-electron chi connectivity index (χ4n) is 3.09. The van der Waals surface area contributed by atoms with E-state index in [0.717, 1.165) is 0 Å². The largest absolute Gasteiger partial charge is 0.467 e. The number of carbonyl (C=O) groups excluding carboxylic acids is 1. The van der Waals surface area contributed by atoms with Gasteiger partial charge in [-0.2, -0.15) is 0 Å². The quantitative estimate of drug-likeness (QED) is 0.674. The fraction of sp³-hybridized carbons (Fsp3) is 0.929. The highest BCUT2D eigenvalue weighted by Gasteiger charge is 2.62. The standard InChI is InChI=1S/C14H24O8/c1-12(19-4)13(2,20-5)22-10-8(15)6-14(17,11(16)18-3)7-9(10)21-12/h8-10,15,17H,6-7H2,1-5H3/t8-,9-,10-,12?,13?,14+/m1/s1. The maximum atomic E-state index is 11.8. The van der Waals surface area contributed by atoms with E-state index in [0.29, 0.717) is 0 Å². The Morgan fingerprint density at radius 1 is 1.09 bits per heavy atom. The average Bonchev–Trinajstić information content (AvgIpc) is 2.48. The number of rotatable bonds is 3. The molecule has 8 heteroatoms. The van der Waals surface area contributed by atoms with Crippen molar-refractivity contribution in [2.24, 2.45) is 0 Å². The first-order valence-corrected chi connectivity index (χ1v) is 7.09. The zero-order valence-electron chi connectivity index (χ0n) is 13.5. The first-order valence-electron chi connectivity index (χ1n) is 7.09. The van der Waals surface area contributed by atoms with Crippen molar-refractivity contribution in [2.45, 2.75) is 62.2 Å². The van der Waals surface area contributed by atoms with E-state index < -0.39 is 41.5 Å². The van der Waals surface area contributed by atoms with E-state index in [1.165, 1.54) is 21.3 Å². The Labute approximate surface area is 129 Å². The number of fused-ring (bicyclic) bond motifs is 1. The van der Waals surface area contributed by atoms with E-state index in [-0.39, 0.29) is 12.8 Å². The molecule has 1 saturated heterocycles. The molecule has 0 amide bonds. The Bertz CT molecular complexity index is 443. The summed E-state index contributed by atoms with van der Waals surface area (Å²) >= 11 is 0. The summed E-state index contributed by atoms with van der Waals surface area (Å²) in [5.41, 5.74) is -1.83. The highest BCUT2D eigenvalue weighted by atomic mass is 16.8. The van der Waals surface area contributed by atoms with Crippen LogP contribution in [0.3, 0.4) is 0 Å². The van der Waals surface area contributed by atoms with Crippen LogP contribution >= 0.6 is 0 Å². The molecular formula is C14H24O8. The van der Waals surface area contributed by atoms with Crippen LogP contribution < -0.4 is 0 Å². The molecule has 8 nitrogen and oxygen atoms in total. The molecule has 2 N–H and O–H groups in total. The van der Waals surface area contributed by atoms with Gasteiger partial charge in [0.1, 0.15) is 6.10 Å². The third kappa shape index (κ3) is 2.53. The molecular weight excluding hydrogens is 296 g/mol. The van der Waals surface area contributed by atoms with Crippen LogP contribution in [-0.4, -0.2) is 73.0 Å². The summed E-state index contributed by atoms with van der Waals surface area (Å²) < 4.78 is 27.1. The van der Waals surface area contributed by atoms with Crippen molar-refractivity contribution in [1.82, 2.24) is 0 Å². The highest BCUT2D eigenvalue weighted by Crippen LogP contribution is 2.45. The average molecular weight is 320 g/mol. The Morgan fingerprint density at radius 2 is 1.64 bits per heavy atom. The molecule has 1 saturated carbocycles. The minimum absolute atomic E-state index is 0.0693. The van der Waals surface area contributed by atoms with Crippen LogP contribution in [0.15, 0.2) is 0 Å². The van der Waals surface area contributed by atoms with Crippen molar-refractivity contribution < 1.29 is 38.7 Å². The van der Waals surface area contributed by atoms with Gasteiger partial charge in [0.15, 0.2) is 5.60 Å². The van der Waals surface area contributed by atoms with E-state index in [4.69, 9.17) is 18.9 Å². The maximum absolute atomic E-state index is 11.8. The summed E-state index contributed by atoms with van der Waals surface area (Å²) in [4.78, 5) is 11.8. The zero-order valence-corrected chi connectivity index (χ0v) is 13.5. The van der Waals surface area contributed by atoms with Crippen molar-refractivity contribution in [1.29, 1.82) is 0 Å². The Morgan fingerprint density at radius 3 is 2.14 bits per heavy atom. The third-order valence-electron chi connectivity index (χ3n) is 4.74. The van der Waals surface area contributed by atoms with Crippen LogP contribution in [0.25, 0.3) is 0 Å². The predicted molar refractivity (Wildman–Crippen MR) is 72.8 cm³/mol. The van der Waals surface area contributed by atoms with E-state index in [1.807, 2.05) is 0 Å². The first-order chi connectivity index (χ1) is 10.1. The van der Waals surface area contributed by atoms with E-state index >= 15 is 0 Å². The smallest absolute Gasteiger partial charge is 0.338 e. The number of ether oxygens (including phenoxy) is 5. The van der Waals surface area contributed by atoms with E-state index in [9.17, 15) is 15.0 Å². The van der Waals surface area contributed by atoms with Crippen LogP contribution in [-0.2, 0) is 28.5 Å². The van der Waals surface area contributed by atoms with Gasteiger partial charge < -0.3 is 33.9 Å². The SMILES string of the molecule is COC(=O)[C@]1(O)C[C@@H](O)[C@H]2OC(C)(OC)C(C)(OC)O[C@@H]2C1. The fourth-order valence-corrected chi connectivity index (χ4v) is 3.09. The second-order valence-corrected chi connectivity index (χ2v) is 6.04.